The summed E-state index contributed by atoms with van der Waals surface area (Å²) in [6.45, 7) is 3.94. The largest absolute Gasteiger partial charge is 0.459 e. The second-order valence-corrected chi connectivity index (χ2v) is 8.03. The number of amidine groups is 1. The first-order valence-corrected chi connectivity index (χ1v) is 10.3. The number of benzene rings is 2. The quantitative estimate of drug-likeness (QED) is 0.365. The number of carbonyl (C=O) groups excluding carboxylic acids is 2. The highest BCUT2D eigenvalue weighted by atomic mass is 16.5. The van der Waals surface area contributed by atoms with Crippen molar-refractivity contribution in [2.24, 2.45) is 16.5 Å². The molecule has 1 heterocycles. The SMILES string of the molecule is CN=C(N)C1=C(N)C(C)(C)N(C(=O)NC(C(=O)OCc2ccccc2)c2ccccc2)C1. The Balaban J connectivity index is 1.79. The number of urea groups is 1. The van der Waals surface area contributed by atoms with E-state index in [0.717, 1.165) is 5.56 Å². The molecule has 5 N–H and O–H groups in total. The highest BCUT2D eigenvalue weighted by Crippen LogP contribution is 2.32. The van der Waals surface area contributed by atoms with Crippen molar-refractivity contribution in [3.63, 3.8) is 0 Å². The van der Waals surface area contributed by atoms with Crippen LogP contribution in [0.4, 0.5) is 4.79 Å². The van der Waals surface area contributed by atoms with Gasteiger partial charge in [0.05, 0.1) is 12.1 Å². The number of nitrogens with two attached hydrogens (primary N) is 2. The molecule has 32 heavy (non-hydrogen) atoms. The third-order valence-corrected chi connectivity index (χ3v) is 5.63. The summed E-state index contributed by atoms with van der Waals surface area (Å²) in [7, 11) is 1.57. The van der Waals surface area contributed by atoms with Crippen molar-refractivity contribution in [1.29, 1.82) is 0 Å². The van der Waals surface area contributed by atoms with Crippen LogP contribution in [0, 0.1) is 0 Å². The Morgan fingerprint density at radius 2 is 1.72 bits per heavy atom. The maximum absolute atomic E-state index is 13.3. The van der Waals surface area contributed by atoms with Crippen molar-refractivity contribution in [3.8, 4) is 0 Å². The van der Waals surface area contributed by atoms with E-state index in [2.05, 4.69) is 10.3 Å². The van der Waals surface area contributed by atoms with Gasteiger partial charge in [0.15, 0.2) is 6.04 Å². The van der Waals surface area contributed by atoms with Crippen molar-refractivity contribution in [2.75, 3.05) is 13.6 Å². The summed E-state index contributed by atoms with van der Waals surface area (Å²) >= 11 is 0. The number of ether oxygens (including phenoxy) is 1. The van der Waals surface area contributed by atoms with Crippen LogP contribution in [0.2, 0.25) is 0 Å². The Labute approximate surface area is 187 Å². The smallest absolute Gasteiger partial charge is 0.333 e. The zero-order chi connectivity index (χ0) is 23.3. The Hall–Kier alpha value is -3.81. The van der Waals surface area contributed by atoms with Gasteiger partial charge in [-0.1, -0.05) is 60.7 Å². The van der Waals surface area contributed by atoms with Crippen LogP contribution in [0.1, 0.15) is 31.0 Å². The van der Waals surface area contributed by atoms with Gasteiger partial charge in [-0.3, -0.25) is 4.99 Å². The van der Waals surface area contributed by atoms with Gasteiger partial charge in [0.1, 0.15) is 12.4 Å². The Morgan fingerprint density at radius 1 is 1.12 bits per heavy atom. The second kappa shape index (κ2) is 9.55. The lowest BCUT2D eigenvalue weighted by atomic mass is 10.0. The maximum Gasteiger partial charge on any atom is 0.333 e. The molecule has 3 rings (SSSR count). The lowest BCUT2D eigenvalue weighted by Gasteiger charge is -2.34. The third kappa shape index (κ3) is 4.74. The summed E-state index contributed by atoms with van der Waals surface area (Å²) in [5.74, 6) is -0.269. The summed E-state index contributed by atoms with van der Waals surface area (Å²) in [5, 5.41) is 2.81. The van der Waals surface area contributed by atoms with Gasteiger partial charge in [-0.2, -0.15) is 0 Å². The van der Waals surface area contributed by atoms with Crippen molar-refractivity contribution in [3.05, 3.63) is 83.1 Å². The molecule has 0 saturated carbocycles. The van der Waals surface area contributed by atoms with Crippen LogP contribution in [-0.4, -0.2) is 41.9 Å². The standard InChI is InChI=1S/C24H29N5O3/c1-24(2)20(25)18(21(26)27-3)14-29(24)23(31)28-19(17-12-8-5-9-13-17)22(30)32-15-16-10-6-4-7-11-16/h4-13,19H,14-15,25H2,1-3H3,(H2,26,27)(H,28,31). The van der Waals surface area contributed by atoms with Crippen molar-refractivity contribution >= 4 is 17.8 Å². The van der Waals surface area contributed by atoms with Crippen LogP contribution >= 0.6 is 0 Å². The van der Waals surface area contributed by atoms with Gasteiger partial charge in [0.25, 0.3) is 0 Å². The normalized spacial score (nSPS) is 16.6. The molecule has 2 aromatic carbocycles. The second-order valence-electron chi connectivity index (χ2n) is 8.03. The van der Waals surface area contributed by atoms with Gasteiger partial charge in [0, 0.05) is 18.3 Å². The number of nitrogens with zero attached hydrogens (tertiary/aromatic N) is 2. The van der Waals surface area contributed by atoms with E-state index in [1.54, 1.807) is 31.3 Å². The minimum Gasteiger partial charge on any atom is -0.459 e. The third-order valence-electron chi connectivity index (χ3n) is 5.63. The maximum atomic E-state index is 13.3. The average molecular weight is 436 g/mol. The van der Waals surface area contributed by atoms with Gasteiger partial charge in [0.2, 0.25) is 0 Å². The Morgan fingerprint density at radius 3 is 2.31 bits per heavy atom. The zero-order valence-corrected chi connectivity index (χ0v) is 18.5. The molecule has 1 unspecified atom stereocenters. The van der Waals surface area contributed by atoms with Gasteiger partial charge >= 0.3 is 12.0 Å². The number of amides is 2. The molecule has 0 radical (unpaired) electrons. The van der Waals surface area contributed by atoms with Crippen LogP contribution in [0.3, 0.4) is 0 Å². The fourth-order valence-electron chi connectivity index (χ4n) is 3.57. The lowest BCUT2D eigenvalue weighted by Crippen LogP contribution is -2.52. The highest BCUT2D eigenvalue weighted by molar-refractivity contribution is 6.00. The van der Waals surface area contributed by atoms with Gasteiger partial charge in [-0.05, 0) is 25.0 Å². The van der Waals surface area contributed by atoms with E-state index in [4.69, 9.17) is 16.2 Å². The molecule has 0 bridgehead atoms. The molecule has 8 heteroatoms. The minimum atomic E-state index is -0.981. The number of hydrogen-bond donors (Lipinski definition) is 3. The van der Waals surface area contributed by atoms with Gasteiger partial charge < -0.3 is 26.4 Å². The first kappa shape index (κ1) is 22.9. The predicted molar refractivity (Wildman–Crippen MR) is 123 cm³/mol. The summed E-state index contributed by atoms with van der Waals surface area (Å²) in [6.07, 6.45) is 0. The van der Waals surface area contributed by atoms with Crippen molar-refractivity contribution in [1.82, 2.24) is 10.2 Å². The van der Waals surface area contributed by atoms with Crippen molar-refractivity contribution in [2.45, 2.75) is 32.0 Å². The molecule has 8 nitrogen and oxygen atoms in total. The topological polar surface area (TPSA) is 123 Å². The van der Waals surface area contributed by atoms with E-state index < -0.39 is 23.6 Å². The molecular formula is C24H29N5O3. The molecule has 0 saturated heterocycles. The Kier molecular flexibility index (Phi) is 6.82. The highest BCUT2D eigenvalue weighted by Gasteiger charge is 2.43. The lowest BCUT2D eigenvalue weighted by molar-refractivity contribution is -0.147. The van der Waals surface area contributed by atoms with Crippen LogP contribution in [0.15, 0.2) is 76.9 Å². The summed E-state index contributed by atoms with van der Waals surface area (Å²) < 4.78 is 5.51. The molecule has 1 aliphatic rings. The number of carbonyl (C=O) groups is 2. The molecule has 0 spiro atoms. The first-order chi connectivity index (χ1) is 15.3. The van der Waals surface area contributed by atoms with Crippen LogP contribution < -0.4 is 16.8 Å². The first-order valence-electron chi connectivity index (χ1n) is 10.3. The molecule has 1 aliphatic heterocycles. The molecule has 0 aliphatic carbocycles. The van der Waals surface area contributed by atoms with E-state index in [-0.39, 0.29) is 19.0 Å². The van der Waals surface area contributed by atoms with Crippen LogP contribution in [-0.2, 0) is 16.1 Å². The van der Waals surface area contributed by atoms with Gasteiger partial charge in [-0.15, -0.1) is 0 Å². The predicted octanol–water partition coefficient (Wildman–Crippen LogP) is 2.47. The fourth-order valence-corrected chi connectivity index (χ4v) is 3.57. The van der Waals surface area contributed by atoms with Crippen molar-refractivity contribution < 1.29 is 14.3 Å². The molecule has 0 aromatic heterocycles. The molecular weight excluding hydrogens is 406 g/mol. The fraction of sp³-hybridized carbons (Fsp3) is 0.292. The molecule has 1 atom stereocenters. The monoisotopic (exact) mass is 435 g/mol. The van der Waals surface area contributed by atoms with Crippen LogP contribution in [0.5, 0.6) is 0 Å². The molecule has 2 aromatic rings. The summed E-state index contributed by atoms with van der Waals surface area (Å²) in [6, 6.07) is 16.9. The van der Waals surface area contributed by atoms with Gasteiger partial charge in [-0.25, -0.2) is 9.59 Å². The number of aliphatic imine (C=N–C) groups is 1. The average Bonchev–Trinajstić information content (AvgIpc) is 3.05. The Bertz CT molecular complexity index is 1030. The molecule has 2 amide bonds. The number of hydrogen-bond acceptors (Lipinski definition) is 5. The minimum absolute atomic E-state index is 0.107. The van der Waals surface area contributed by atoms with E-state index >= 15 is 0 Å². The summed E-state index contributed by atoms with van der Waals surface area (Å²) in [5.41, 5.74) is 14.0. The van der Waals surface area contributed by atoms with E-state index in [1.807, 2.05) is 50.2 Å². The van der Waals surface area contributed by atoms with Crippen LogP contribution in [0.25, 0.3) is 0 Å². The molecule has 168 valence electrons. The van der Waals surface area contributed by atoms with E-state index in [0.29, 0.717) is 16.8 Å². The summed E-state index contributed by atoms with van der Waals surface area (Å²) in [4.78, 5) is 31.8. The van der Waals surface area contributed by atoms with E-state index in [9.17, 15) is 9.59 Å². The molecule has 0 fully saturated rings. The number of nitrogens with one attached hydrogen (secondary N) is 1. The number of rotatable bonds is 6. The number of esters is 1. The zero-order valence-electron chi connectivity index (χ0n) is 18.5. The van der Waals surface area contributed by atoms with E-state index in [1.165, 1.54) is 4.90 Å².